The molecule has 0 radical (unpaired) electrons. The van der Waals surface area contributed by atoms with Gasteiger partial charge in [0.25, 0.3) is 0 Å². The Labute approximate surface area is 124 Å². The molecule has 2 aromatic heterocycles. The van der Waals surface area contributed by atoms with Crippen molar-refractivity contribution >= 4 is 28.8 Å². The van der Waals surface area contributed by atoms with E-state index in [-0.39, 0.29) is 12.5 Å². The molecule has 0 bridgehead atoms. The van der Waals surface area contributed by atoms with E-state index in [2.05, 4.69) is 34.1 Å². The standard InChI is InChI=1S/C15H21N5O/c1-4-6-8-17-15-14-11(18-12(5-2)19-15)7-9-20(14)10-13(21)16-3/h5,7,9H,2,4,6,8,10H2,1,3H3,(H,16,21)(H,17,18,19). The van der Waals surface area contributed by atoms with Gasteiger partial charge in [-0.3, -0.25) is 4.79 Å². The maximum Gasteiger partial charge on any atom is 0.239 e. The quantitative estimate of drug-likeness (QED) is 0.764. The van der Waals surface area contributed by atoms with Crippen molar-refractivity contribution < 1.29 is 4.79 Å². The number of nitrogens with one attached hydrogen (secondary N) is 2. The maximum absolute atomic E-state index is 11.6. The number of aromatic nitrogens is 3. The molecule has 21 heavy (non-hydrogen) atoms. The van der Waals surface area contributed by atoms with E-state index in [1.54, 1.807) is 13.1 Å². The van der Waals surface area contributed by atoms with E-state index in [4.69, 9.17) is 0 Å². The monoisotopic (exact) mass is 287 g/mol. The molecule has 0 unspecified atom stereocenters. The Hall–Kier alpha value is -2.37. The molecule has 6 heteroatoms. The maximum atomic E-state index is 11.6. The van der Waals surface area contributed by atoms with Crippen molar-refractivity contribution in [1.29, 1.82) is 0 Å². The number of anilines is 1. The van der Waals surface area contributed by atoms with Crippen LogP contribution < -0.4 is 10.6 Å². The highest BCUT2D eigenvalue weighted by molar-refractivity contribution is 5.89. The summed E-state index contributed by atoms with van der Waals surface area (Å²) in [6.45, 7) is 6.95. The van der Waals surface area contributed by atoms with Gasteiger partial charge in [-0.15, -0.1) is 0 Å². The van der Waals surface area contributed by atoms with Crippen LogP contribution in [0.3, 0.4) is 0 Å². The van der Waals surface area contributed by atoms with Crippen LogP contribution in [-0.2, 0) is 11.3 Å². The van der Waals surface area contributed by atoms with E-state index >= 15 is 0 Å². The molecule has 2 aromatic rings. The average molecular weight is 287 g/mol. The number of carbonyl (C=O) groups is 1. The Balaban J connectivity index is 2.42. The molecule has 0 atom stereocenters. The number of rotatable bonds is 7. The zero-order valence-corrected chi connectivity index (χ0v) is 12.5. The molecule has 0 saturated carbocycles. The highest BCUT2D eigenvalue weighted by atomic mass is 16.1. The molecule has 0 aliphatic carbocycles. The van der Waals surface area contributed by atoms with Gasteiger partial charge >= 0.3 is 0 Å². The zero-order valence-electron chi connectivity index (χ0n) is 12.5. The lowest BCUT2D eigenvalue weighted by molar-refractivity contribution is -0.121. The van der Waals surface area contributed by atoms with Gasteiger partial charge in [0.05, 0.1) is 5.52 Å². The molecule has 0 aromatic carbocycles. The minimum atomic E-state index is -0.0557. The van der Waals surface area contributed by atoms with Gasteiger partial charge in [-0.1, -0.05) is 19.9 Å². The van der Waals surface area contributed by atoms with Crippen LogP contribution in [0.5, 0.6) is 0 Å². The second-order valence-electron chi connectivity index (χ2n) is 4.77. The summed E-state index contributed by atoms with van der Waals surface area (Å²) >= 11 is 0. The Morgan fingerprint density at radius 3 is 2.95 bits per heavy atom. The Kier molecular flexibility index (Phi) is 4.92. The smallest absolute Gasteiger partial charge is 0.239 e. The number of nitrogens with zero attached hydrogens (tertiary/aromatic N) is 3. The normalized spacial score (nSPS) is 10.6. The topological polar surface area (TPSA) is 71.8 Å². The van der Waals surface area contributed by atoms with Gasteiger partial charge in [0.1, 0.15) is 12.1 Å². The molecule has 2 rings (SSSR count). The second-order valence-corrected chi connectivity index (χ2v) is 4.77. The Bertz CT molecular complexity index is 647. The molecule has 1 amide bonds. The highest BCUT2D eigenvalue weighted by Gasteiger charge is 2.12. The fourth-order valence-corrected chi connectivity index (χ4v) is 2.09. The summed E-state index contributed by atoms with van der Waals surface area (Å²) in [5.41, 5.74) is 1.66. The number of fused-ring (bicyclic) bond motifs is 1. The molecule has 2 heterocycles. The van der Waals surface area contributed by atoms with E-state index in [1.807, 2.05) is 16.8 Å². The molecule has 112 valence electrons. The fraction of sp³-hybridized carbons (Fsp3) is 0.400. The SMILES string of the molecule is C=Cc1nc(NCCCC)c2c(ccn2CC(=O)NC)n1. The van der Waals surface area contributed by atoms with Gasteiger partial charge in [-0.05, 0) is 18.6 Å². The third-order valence-electron chi connectivity index (χ3n) is 3.23. The van der Waals surface area contributed by atoms with Gasteiger partial charge in [0.15, 0.2) is 11.6 Å². The molecule has 2 N–H and O–H groups in total. The van der Waals surface area contributed by atoms with Gasteiger partial charge in [-0.25, -0.2) is 9.97 Å². The van der Waals surface area contributed by atoms with E-state index in [0.717, 1.165) is 36.2 Å². The molecular formula is C15H21N5O. The summed E-state index contributed by atoms with van der Waals surface area (Å²) in [5.74, 6) is 1.27. The van der Waals surface area contributed by atoms with Crippen molar-refractivity contribution in [2.45, 2.75) is 26.3 Å². The lowest BCUT2D eigenvalue weighted by atomic mass is 10.3. The first-order valence-corrected chi connectivity index (χ1v) is 7.13. The largest absolute Gasteiger partial charge is 0.368 e. The number of hydrogen-bond donors (Lipinski definition) is 2. The summed E-state index contributed by atoms with van der Waals surface area (Å²) in [6.07, 6.45) is 5.65. The van der Waals surface area contributed by atoms with Gasteiger partial charge < -0.3 is 15.2 Å². The van der Waals surface area contributed by atoms with Crippen LogP contribution in [-0.4, -0.2) is 34.0 Å². The van der Waals surface area contributed by atoms with Crippen LogP contribution in [0.25, 0.3) is 17.1 Å². The van der Waals surface area contributed by atoms with Gasteiger partial charge in [0.2, 0.25) is 5.91 Å². The van der Waals surface area contributed by atoms with Crippen LogP contribution in [0, 0.1) is 0 Å². The number of carbonyl (C=O) groups excluding carboxylic acids is 1. The molecule has 0 fully saturated rings. The molecule has 6 nitrogen and oxygen atoms in total. The summed E-state index contributed by atoms with van der Waals surface area (Å²) in [7, 11) is 1.63. The number of hydrogen-bond acceptors (Lipinski definition) is 4. The zero-order chi connectivity index (χ0) is 15.2. The van der Waals surface area contributed by atoms with Crippen LogP contribution in [0.15, 0.2) is 18.8 Å². The van der Waals surface area contributed by atoms with Crippen LogP contribution in [0.1, 0.15) is 25.6 Å². The number of amides is 1. The highest BCUT2D eigenvalue weighted by Crippen LogP contribution is 2.22. The first kappa shape index (κ1) is 15.0. The minimum Gasteiger partial charge on any atom is -0.368 e. The van der Waals surface area contributed by atoms with Crippen molar-refractivity contribution in [3.63, 3.8) is 0 Å². The fourth-order valence-electron chi connectivity index (χ4n) is 2.09. The predicted molar refractivity (Wildman–Crippen MR) is 85.1 cm³/mol. The average Bonchev–Trinajstić information content (AvgIpc) is 2.90. The van der Waals surface area contributed by atoms with E-state index in [1.165, 1.54) is 0 Å². The van der Waals surface area contributed by atoms with Crippen molar-refractivity contribution in [2.75, 3.05) is 18.9 Å². The number of likely N-dealkylation sites (N-methyl/N-ethyl adjacent to an activating group) is 1. The lowest BCUT2D eigenvalue weighted by Crippen LogP contribution is -2.23. The van der Waals surface area contributed by atoms with Crippen molar-refractivity contribution in [2.24, 2.45) is 0 Å². The van der Waals surface area contributed by atoms with E-state index in [0.29, 0.717) is 5.82 Å². The summed E-state index contributed by atoms with van der Waals surface area (Å²) in [5, 5.41) is 5.95. The minimum absolute atomic E-state index is 0.0557. The van der Waals surface area contributed by atoms with Crippen molar-refractivity contribution in [1.82, 2.24) is 19.9 Å². The van der Waals surface area contributed by atoms with Crippen molar-refractivity contribution in [3.8, 4) is 0 Å². The first-order chi connectivity index (χ1) is 10.2. The summed E-state index contributed by atoms with van der Waals surface area (Å²) in [6, 6.07) is 1.89. The van der Waals surface area contributed by atoms with Crippen LogP contribution in [0.2, 0.25) is 0 Å². The third kappa shape index (κ3) is 3.39. The summed E-state index contributed by atoms with van der Waals surface area (Å²) < 4.78 is 1.86. The van der Waals surface area contributed by atoms with Crippen LogP contribution >= 0.6 is 0 Å². The van der Waals surface area contributed by atoms with E-state index in [9.17, 15) is 4.79 Å². The molecular weight excluding hydrogens is 266 g/mol. The summed E-state index contributed by atoms with van der Waals surface area (Å²) in [4.78, 5) is 20.5. The molecule has 0 aliphatic rings. The Morgan fingerprint density at radius 1 is 1.48 bits per heavy atom. The predicted octanol–water partition coefficient (Wildman–Crippen LogP) is 2.03. The van der Waals surface area contributed by atoms with E-state index < -0.39 is 0 Å². The number of unbranched alkanes of at least 4 members (excludes halogenated alkanes) is 1. The Morgan fingerprint density at radius 2 is 2.29 bits per heavy atom. The molecule has 0 spiro atoms. The first-order valence-electron chi connectivity index (χ1n) is 7.13. The van der Waals surface area contributed by atoms with Crippen LogP contribution in [0.4, 0.5) is 5.82 Å². The molecule has 0 aliphatic heterocycles. The second kappa shape index (κ2) is 6.88. The van der Waals surface area contributed by atoms with Gasteiger partial charge in [0, 0.05) is 19.8 Å². The van der Waals surface area contributed by atoms with Gasteiger partial charge in [-0.2, -0.15) is 0 Å². The molecule has 0 saturated heterocycles. The third-order valence-corrected chi connectivity index (χ3v) is 3.23. The lowest BCUT2D eigenvalue weighted by Gasteiger charge is -2.11. The van der Waals surface area contributed by atoms with Crippen molar-refractivity contribution in [3.05, 3.63) is 24.7 Å².